The molecule has 0 aliphatic heterocycles. The Morgan fingerprint density at radius 1 is 1.47 bits per heavy atom. The first-order chi connectivity index (χ1) is 7.73. The van der Waals surface area contributed by atoms with Crippen LogP contribution < -0.4 is 5.32 Å². The van der Waals surface area contributed by atoms with Gasteiger partial charge in [0.15, 0.2) is 0 Å². The quantitative estimate of drug-likeness (QED) is 0.721. The molecule has 0 aromatic heterocycles. The van der Waals surface area contributed by atoms with Crippen LogP contribution in [-0.4, -0.2) is 41.1 Å². The monoisotopic (exact) mass is 242 g/mol. The molecule has 0 aliphatic rings. The molecule has 0 saturated heterocycles. The third-order valence-corrected chi connectivity index (χ3v) is 2.40. The van der Waals surface area contributed by atoms with Crippen molar-refractivity contribution in [3.63, 3.8) is 0 Å². The van der Waals surface area contributed by atoms with Gasteiger partial charge in [-0.1, -0.05) is 26.8 Å². The molecule has 0 spiro atoms. The summed E-state index contributed by atoms with van der Waals surface area (Å²) >= 11 is 0. The molecule has 0 radical (unpaired) electrons. The molecule has 0 saturated carbocycles. The van der Waals surface area contributed by atoms with E-state index in [1.165, 1.54) is 4.90 Å². The highest BCUT2D eigenvalue weighted by Gasteiger charge is 2.33. The number of amides is 2. The third kappa shape index (κ3) is 4.89. The summed E-state index contributed by atoms with van der Waals surface area (Å²) in [6.07, 6.45) is 1.61. The summed E-state index contributed by atoms with van der Waals surface area (Å²) in [6.45, 7) is 11.6. The first-order valence-electron chi connectivity index (χ1n) is 5.63. The molecule has 2 N–H and O–H groups in total. The van der Waals surface area contributed by atoms with Crippen LogP contribution in [0.5, 0.6) is 0 Å². The summed E-state index contributed by atoms with van der Waals surface area (Å²) in [5.74, 6) is -1.03. The molecule has 0 rings (SSSR count). The molecule has 0 bridgehead atoms. The maximum Gasteiger partial charge on any atom is 0.326 e. The van der Waals surface area contributed by atoms with E-state index in [9.17, 15) is 9.59 Å². The molecule has 5 nitrogen and oxygen atoms in total. The molecular weight excluding hydrogens is 220 g/mol. The fourth-order valence-electron chi connectivity index (χ4n) is 1.37. The van der Waals surface area contributed by atoms with Crippen molar-refractivity contribution in [2.75, 3.05) is 13.1 Å². The number of nitrogens with one attached hydrogen (secondary N) is 1. The SMILES string of the molecule is C=CCN(CC)C(=O)N[C@H](C(=O)O)C(C)(C)C. The highest BCUT2D eigenvalue weighted by atomic mass is 16.4. The van der Waals surface area contributed by atoms with Crippen molar-refractivity contribution >= 4 is 12.0 Å². The second-order valence-electron chi connectivity index (χ2n) is 4.91. The number of likely N-dealkylation sites (N-methyl/N-ethyl adjacent to an activating group) is 1. The van der Waals surface area contributed by atoms with Crippen molar-refractivity contribution in [1.82, 2.24) is 10.2 Å². The van der Waals surface area contributed by atoms with E-state index in [0.29, 0.717) is 13.1 Å². The summed E-state index contributed by atoms with van der Waals surface area (Å²) in [6, 6.07) is -1.29. The van der Waals surface area contributed by atoms with Crippen LogP contribution in [-0.2, 0) is 4.79 Å². The number of hydrogen-bond acceptors (Lipinski definition) is 2. The fourth-order valence-corrected chi connectivity index (χ4v) is 1.37. The maximum atomic E-state index is 11.8. The summed E-state index contributed by atoms with van der Waals surface area (Å²) in [5.41, 5.74) is -0.533. The number of hydrogen-bond donors (Lipinski definition) is 2. The van der Waals surface area contributed by atoms with E-state index in [-0.39, 0.29) is 6.03 Å². The van der Waals surface area contributed by atoms with E-state index in [4.69, 9.17) is 5.11 Å². The topological polar surface area (TPSA) is 69.6 Å². The highest BCUT2D eigenvalue weighted by molar-refractivity contribution is 5.83. The Kier molecular flexibility index (Phi) is 5.71. The number of carboxylic acids is 1. The molecular formula is C12H22N2O3. The number of nitrogens with zero attached hydrogens (tertiary/aromatic N) is 1. The van der Waals surface area contributed by atoms with Gasteiger partial charge >= 0.3 is 12.0 Å². The first-order valence-corrected chi connectivity index (χ1v) is 5.63. The van der Waals surface area contributed by atoms with Crippen LogP contribution in [0.15, 0.2) is 12.7 Å². The van der Waals surface area contributed by atoms with Gasteiger partial charge in [0, 0.05) is 13.1 Å². The number of aliphatic carboxylic acids is 1. The molecule has 0 aromatic rings. The van der Waals surface area contributed by atoms with Crippen LogP contribution in [0.2, 0.25) is 0 Å². The minimum absolute atomic E-state index is 0.380. The van der Waals surface area contributed by atoms with Crippen LogP contribution in [0.1, 0.15) is 27.7 Å². The van der Waals surface area contributed by atoms with E-state index in [1.807, 2.05) is 6.92 Å². The molecule has 0 fully saturated rings. The van der Waals surface area contributed by atoms with Crippen molar-refractivity contribution in [3.8, 4) is 0 Å². The average molecular weight is 242 g/mol. The largest absolute Gasteiger partial charge is 0.480 e. The minimum Gasteiger partial charge on any atom is -0.480 e. The number of carboxylic acid groups (broad SMARTS) is 1. The molecule has 5 heteroatoms. The van der Waals surface area contributed by atoms with Gasteiger partial charge in [0.2, 0.25) is 0 Å². The second-order valence-corrected chi connectivity index (χ2v) is 4.91. The number of rotatable bonds is 5. The molecule has 0 aromatic carbocycles. The van der Waals surface area contributed by atoms with Gasteiger partial charge in [0.25, 0.3) is 0 Å². The van der Waals surface area contributed by atoms with E-state index in [1.54, 1.807) is 26.8 Å². The van der Waals surface area contributed by atoms with Crippen molar-refractivity contribution in [1.29, 1.82) is 0 Å². The highest BCUT2D eigenvalue weighted by Crippen LogP contribution is 2.19. The lowest BCUT2D eigenvalue weighted by molar-refractivity contribution is -0.142. The zero-order valence-electron chi connectivity index (χ0n) is 11.0. The summed E-state index contributed by atoms with van der Waals surface area (Å²) in [7, 11) is 0. The Balaban J connectivity index is 4.72. The molecule has 0 unspecified atom stereocenters. The molecule has 1 atom stereocenters. The standard InChI is InChI=1S/C12H22N2O3/c1-6-8-14(7-2)11(17)13-9(10(15)16)12(3,4)5/h6,9H,1,7-8H2,2-5H3,(H,13,17)(H,15,16)/t9-/m1/s1. The lowest BCUT2D eigenvalue weighted by Crippen LogP contribution is -2.53. The van der Waals surface area contributed by atoms with Crippen LogP contribution in [0.4, 0.5) is 4.79 Å². The second kappa shape index (κ2) is 6.27. The molecule has 98 valence electrons. The van der Waals surface area contributed by atoms with Crippen molar-refractivity contribution in [2.45, 2.75) is 33.7 Å². The lowest BCUT2D eigenvalue weighted by Gasteiger charge is -2.30. The van der Waals surface area contributed by atoms with Crippen molar-refractivity contribution in [3.05, 3.63) is 12.7 Å². The Morgan fingerprint density at radius 2 is 2.00 bits per heavy atom. The zero-order chi connectivity index (χ0) is 13.6. The lowest BCUT2D eigenvalue weighted by atomic mass is 9.87. The fraction of sp³-hybridized carbons (Fsp3) is 0.667. The molecule has 0 heterocycles. The van der Waals surface area contributed by atoms with Gasteiger partial charge in [-0.25, -0.2) is 9.59 Å². The Bertz CT molecular complexity index is 295. The molecule has 0 aliphatic carbocycles. The smallest absolute Gasteiger partial charge is 0.326 e. The van der Waals surface area contributed by atoms with Gasteiger partial charge in [0.05, 0.1) is 0 Å². The summed E-state index contributed by atoms with van der Waals surface area (Å²) in [4.78, 5) is 24.4. The predicted octanol–water partition coefficient (Wildman–Crippen LogP) is 1.70. The van der Waals surface area contributed by atoms with Gasteiger partial charge in [0.1, 0.15) is 6.04 Å². The minimum atomic E-state index is -1.03. The van der Waals surface area contributed by atoms with Crippen LogP contribution in [0, 0.1) is 5.41 Å². The average Bonchev–Trinajstić information content (AvgIpc) is 2.19. The van der Waals surface area contributed by atoms with Crippen LogP contribution >= 0.6 is 0 Å². The summed E-state index contributed by atoms with van der Waals surface area (Å²) < 4.78 is 0. The summed E-state index contributed by atoms with van der Waals surface area (Å²) in [5, 5.41) is 11.6. The van der Waals surface area contributed by atoms with Crippen molar-refractivity contribution < 1.29 is 14.7 Å². The zero-order valence-corrected chi connectivity index (χ0v) is 11.0. The Hall–Kier alpha value is -1.52. The van der Waals surface area contributed by atoms with E-state index >= 15 is 0 Å². The van der Waals surface area contributed by atoms with Gasteiger partial charge in [-0.05, 0) is 12.3 Å². The van der Waals surface area contributed by atoms with Gasteiger partial charge < -0.3 is 15.3 Å². The van der Waals surface area contributed by atoms with Gasteiger partial charge in [-0.3, -0.25) is 0 Å². The predicted molar refractivity (Wildman–Crippen MR) is 66.9 cm³/mol. The van der Waals surface area contributed by atoms with Crippen molar-refractivity contribution in [2.24, 2.45) is 5.41 Å². The van der Waals surface area contributed by atoms with Crippen LogP contribution in [0.25, 0.3) is 0 Å². The number of urea groups is 1. The maximum absolute atomic E-state index is 11.8. The van der Waals surface area contributed by atoms with E-state index < -0.39 is 17.4 Å². The third-order valence-electron chi connectivity index (χ3n) is 2.40. The Labute approximate surface area is 102 Å². The normalized spacial score (nSPS) is 12.7. The first kappa shape index (κ1) is 15.5. The van der Waals surface area contributed by atoms with E-state index in [0.717, 1.165) is 0 Å². The number of carbonyl (C=O) groups excluding carboxylic acids is 1. The van der Waals surface area contributed by atoms with Gasteiger partial charge in [-0.2, -0.15) is 0 Å². The van der Waals surface area contributed by atoms with Crippen LogP contribution in [0.3, 0.4) is 0 Å². The Morgan fingerprint density at radius 3 is 2.29 bits per heavy atom. The molecule has 17 heavy (non-hydrogen) atoms. The van der Waals surface area contributed by atoms with E-state index in [2.05, 4.69) is 11.9 Å². The van der Waals surface area contributed by atoms with Gasteiger partial charge in [-0.15, -0.1) is 6.58 Å². The molecule has 2 amide bonds. The number of carbonyl (C=O) groups is 2.